The van der Waals surface area contributed by atoms with E-state index in [-0.39, 0.29) is 6.10 Å². The predicted octanol–water partition coefficient (Wildman–Crippen LogP) is 1.78. The van der Waals surface area contributed by atoms with Crippen LogP contribution in [0.5, 0.6) is 0 Å². The summed E-state index contributed by atoms with van der Waals surface area (Å²) >= 11 is 0. The molecule has 0 aliphatic heterocycles. The highest BCUT2D eigenvalue weighted by atomic mass is 16.3. The SMILES string of the molecule is CC(O)CCNCC1CCC(C)C1. The molecule has 1 fully saturated rings. The van der Waals surface area contributed by atoms with Gasteiger partial charge in [-0.15, -0.1) is 0 Å². The van der Waals surface area contributed by atoms with Gasteiger partial charge in [0.05, 0.1) is 6.10 Å². The van der Waals surface area contributed by atoms with Gasteiger partial charge in [-0.1, -0.05) is 13.3 Å². The molecule has 3 atom stereocenters. The summed E-state index contributed by atoms with van der Waals surface area (Å²) in [5, 5.41) is 12.5. The predicted molar refractivity (Wildman–Crippen MR) is 55.7 cm³/mol. The number of rotatable bonds is 5. The third kappa shape index (κ3) is 4.63. The van der Waals surface area contributed by atoms with Crippen LogP contribution in [-0.2, 0) is 0 Å². The van der Waals surface area contributed by atoms with Crippen molar-refractivity contribution in [3.05, 3.63) is 0 Å². The second kappa shape index (κ2) is 5.61. The van der Waals surface area contributed by atoms with Crippen molar-refractivity contribution in [2.75, 3.05) is 13.1 Å². The molecule has 2 heteroatoms. The summed E-state index contributed by atoms with van der Waals surface area (Å²) in [5.41, 5.74) is 0. The van der Waals surface area contributed by atoms with Gasteiger partial charge in [0, 0.05) is 0 Å². The van der Waals surface area contributed by atoms with Gasteiger partial charge in [0.1, 0.15) is 0 Å². The molecule has 0 bridgehead atoms. The normalized spacial score (nSPS) is 30.7. The molecule has 0 aromatic heterocycles. The average Bonchev–Trinajstić information content (AvgIpc) is 2.45. The molecule has 0 spiro atoms. The lowest BCUT2D eigenvalue weighted by molar-refractivity contribution is 0.183. The average molecular weight is 185 g/mol. The Kier molecular flexibility index (Phi) is 4.74. The standard InChI is InChI=1S/C11H23NO/c1-9-3-4-11(7-9)8-12-6-5-10(2)13/h9-13H,3-8H2,1-2H3. The molecule has 1 saturated carbocycles. The van der Waals surface area contributed by atoms with Crippen molar-refractivity contribution in [2.45, 2.75) is 45.6 Å². The summed E-state index contributed by atoms with van der Waals surface area (Å²) in [6.07, 6.45) is 4.91. The van der Waals surface area contributed by atoms with Crippen molar-refractivity contribution >= 4 is 0 Å². The van der Waals surface area contributed by atoms with Crippen LogP contribution in [0.2, 0.25) is 0 Å². The molecule has 3 unspecified atom stereocenters. The molecule has 1 aliphatic carbocycles. The summed E-state index contributed by atoms with van der Waals surface area (Å²) in [7, 11) is 0. The molecule has 0 radical (unpaired) electrons. The van der Waals surface area contributed by atoms with E-state index in [0.717, 1.165) is 31.3 Å². The van der Waals surface area contributed by atoms with E-state index in [1.165, 1.54) is 19.3 Å². The topological polar surface area (TPSA) is 32.3 Å². The van der Waals surface area contributed by atoms with Gasteiger partial charge in [0.2, 0.25) is 0 Å². The maximum absolute atomic E-state index is 9.05. The highest BCUT2D eigenvalue weighted by Gasteiger charge is 2.20. The summed E-state index contributed by atoms with van der Waals surface area (Å²) in [6, 6.07) is 0. The summed E-state index contributed by atoms with van der Waals surface area (Å²) < 4.78 is 0. The van der Waals surface area contributed by atoms with Crippen LogP contribution in [0.25, 0.3) is 0 Å². The van der Waals surface area contributed by atoms with Crippen molar-refractivity contribution < 1.29 is 5.11 Å². The Morgan fingerprint density at radius 1 is 1.46 bits per heavy atom. The Hall–Kier alpha value is -0.0800. The first-order valence-electron chi connectivity index (χ1n) is 5.57. The van der Waals surface area contributed by atoms with E-state index in [1.54, 1.807) is 0 Å². The van der Waals surface area contributed by atoms with Gasteiger partial charge in [0.15, 0.2) is 0 Å². The molecule has 0 amide bonds. The minimum atomic E-state index is -0.157. The van der Waals surface area contributed by atoms with E-state index in [0.29, 0.717) is 0 Å². The van der Waals surface area contributed by atoms with Crippen molar-refractivity contribution in [3.8, 4) is 0 Å². The summed E-state index contributed by atoms with van der Waals surface area (Å²) in [4.78, 5) is 0. The van der Waals surface area contributed by atoms with Crippen molar-refractivity contribution in [3.63, 3.8) is 0 Å². The van der Waals surface area contributed by atoms with Gasteiger partial charge >= 0.3 is 0 Å². The smallest absolute Gasteiger partial charge is 0.0524 e. The molecule has 0 aromatic rings. The van der Waals surface area contributed by atoms with Crippen LogP contribution < -0.4 is 5.32 Å². The van der Waals surface area contributed by atoms with Crippen LogP contribution in [0.15, 0.2) is 0 Å². The first-order chi connectivity index (χ1) is 6.18. The van der Waals surface area contributed by atoms with Crippen molar-refractivity contribution in [1.82, 2.24) is 5.32 Å². The first-order valence-corrected chi connectivity index (χ1v) is 5.57. The number of hydrogen-bond donors (Lipinski definition) is 2. The van der Waals surface area contributed by atoms with Crippen molar-refractivity contribution in [1.29, 1.82) is 0 Å². The van der Waals surface area contributed by atoms with E-state index >= 15 is 0 Å². The molecular weight excluding hydrogens is 162 g/mol. The molecule has 1 rings (SSSR count). The molecular formula is C11H23NO. The fraction of sp³-hybridized carbons (Fsp3) is 1.00. The number of nitrogens with one attached hydrogen (secondary N) is 1. The second-order valence-electron chi connectivity index (χ2n) is 4.63. The molecule has 78 valence electrons. The van der Waals surface area contributed by atoms with Crippen LogP contribution in [0.1, 0.15) is 39.5 Å². The third-order valence-electron chi connectivity index (χ3n) is 2.98. The van der Waals surface area contributed by atoms with Gasteiger partial charge in [-0.05, 0) is 51.1 Å². The number of hydrogen-bond acceptors (Lipinski definition) is 2. The lowest BCUT2D eigenvalue weighted by Gasteiger charge is -2.11. The third-order valence-corrected chi connectivity index (χ3v) is 2.98. The zero-order valence-corrected chi connectivity index (χ0v) is 8.92. The van der Waals surface area contributed by atoms with Crippen LogP contribution in [0.4, 0.5) is 0 Å². The Morgan fingerprint density at radius 3 is 2.77 bits per heavy atom. The fourth-order valence-electron chi connectivity index (χ4n) is 2.13. The molecule has 1 aliphatic rings. The molecule has 0 heterocycles. The highest BCUT2D eigenvalue weighted by molar-refractivity contribution is 4.74. The maximum Gasteiger partial charge on any atom is 0.0524 e. The second-order valence-corrected chi connectivity index (χ2v) is 4.63. The van der Waals surface area contributed by atoms with Gasteiger partial charge in [0.25, 0.3) is 0 Å². The van der Waals surface area contributed by atoms with Gasteiger partial charge in [-0.25, -0.2) is 0 Å². The van der Waals surface area contributed by atoms with Gasteiger partial charge in [-0.3, -0.25) is 0 Å². The first kappa shape index (κ1) is 11.0. The largest absolute Gasteiger partial charge is 0.393 e. The van der Waals surface area contributed by atoms with Gasteiger partial charge < -0.3 is 10.4 Å². The van der Waals surface area contributed by atoms with E-state index in [2.05, 4.69) is 12.2 Å². The Balaban J connectivity index is 1.94. The minimum absolute atomic E-state index is 0.157. The van der Waals surface area contributed by atoms with E-state index in [9.17, 15) is 0 Å². The van der Waals surface area contributed by atoms with E-state index in [4.69, 9.17) is 5.11 Å². The van der Waals surface area contributed by atoms with Crippen molar-refractivity contribution in [2.24, 2.45) is 11.8 Å². The fourth-order valence-corrected chi connectivity index (χ4v) is 2.13. The monoisotopic (exact) mass is 185 g/mol. The minimum Gasteiger partial charge on any atom is -0.393 e. The van der Waals surface area contributed by atoms with Crippen LogP contribution in [0.3, 0.4) is 0 Å². The van der Waals surface area contributed by atoms with Crippen LogP contribution in [0, 0.1) is 11.8 Å². The zero-order chi connectivity index (χ0) is 9.68. The number of aliphatic hydroxyl groups is 1. The molecule has 0 aromatic carbocycles. The van der Waals surface area contributed by atoms with E-state index in [1.807, 2.05) is 6.92 Å². The molecule has 0 saturated heterocycles. The number of aliphatic hydroxyl groups excluding tert-OH is 1. The lowest BCUT2D eigenvalue weighted by atomic mass is 10.1. The highest BCUT2D eigenvalue weighted by Crippen LogP contribution is 2.29. The van der Waals surface area contributed by atoms with Crippen LogP contribution in [-0.4, -0.2) is 24.3 Å². The molecule has 13 heavy (non-hydrogen) atoms. The molecule has 2 N–H and O–H groups in total. The Labute approximate surface area is 81.7 Å². The lowest BCUT2D eigenvalue weighted by Crippen LogP contribution is -2.24. The maximum atomic E-state index is 9.05. The zero-order valence-electron chi connectivity index (χ0n) is 8.92. The van der Waals surface area contributed by atoms with E-state index < -0.39 is 0 Å². The van der Waals surface area contributed by atoms with Gasteiger partial charge in [-0.2, -0.15) is 0 Å². The Morgan fingerprint density at radius 2 is 2.23 bits per heavy atom. The Bertz CT molecular complexity index is 136. The van der Waals surface area contributed by atoms with Crippen LogP contribution >= 0.6 is 0 Å². The molecule has 2 nitrogen and oxygen atoms in total. The summed E-state index contributed by atoms with van der Waals surface area (Å²) in [5.74, 6) is 1.83. The summed E-state index contributed by atoms with van der Waals surface area (Å²) in [6.45, 7) is 6.30. The quantitative estimate of drug-likeness (QED) is 0.640.